The molecule has 1 N–H and O–H groups in total. The average Bonchev–Trinajstić information content (AvgIpc) is 2.11. The van der Waals surface area contributed by atoms with Crippen LogP contribution in [0.15, 0.2) is 0 Å². The zero-order valence-electron chi connectivity index (χ0n) is 8.98. The van der Waals surface area contributed by atoms with Gasteiger partial charge in [-0.1, -0.05) is 0 Å². The first-order valence-electron chi connectivity index (χ1n) is 4.73. The van der Waals surface area contributed by atoms with Crippen molar-refractivity contribution in [2.45, 2.75) is 25.9 Å². The minimum atomic E-state index is -2.81. The van der Waals surface area contributed by atoms with Gasteiger partial charge in [0.1, 0.15) is 6.61 Å². The Labute approximate surface area is 83.8 Å². The lowest BCUT2D eigenvalue weighted by atomic mass is 10.3. The van der Waals surface area contributed by atoms with E-state index < -0.39 is 12.5 Å². The van der Waals surface area contributed by atoms with Crippen molar-refractivity contribution in [2.24, 2.45) is 0 Å². The molecule has 0 aliphatic heterocycles. The monoisotopic (exact) mass is 211 g/mol. The van der Waals surface area contributed by atoms with Crippen LogP contribution in [-0.4, -0.2) is 45.4 Å². The van der Waals surface area contributed by atoms with E-state index in [1.54, 1.807) is 6.92 Å². The first kappa shape index (κ1) is 13.7. The first-order valence-corrected chi connectivity index (χ1v) is 4.73. The lowest BCUT2D eigenvalue weighted by molar-refractivity contribution is -0.106. The summed E-state index contributed by atoms with van der Waals surface area (Å²) in [4.78, 5) is 0. The summed E-state index contributed by atoms with van der Waals surface area (Å²) in [7, 11) is 1.48. The fraction of sp³-hybridized carbons (Fsp3) is 1.00. The van der Waals surface area contributed by atoms with Gasteiger partial charge in [0.2, 0.25) is 0 Å². The van der Waals surface area contributed by atoms with Crippen molar-refractivity contribution in [1.29, 1.82) is 0 Å². The van der Waals surface area contributed by atoms with E-state index in [0.29, 0.717) is 13.2 Å². The lowest BCUT2D eigenvalue weighted by Crippen LogP contribution is -2.36. The molecule has 0 aromatic carbocycles. The van der Waals surface area contributed by atoms with Gasteiger partial charge < -0.3 is 14.8 Å². The van der Waals surface area contributed by atoms with Crippen LogP contribution in [0.1, 0.15) is 13.8 Å². The van der Waals surface area contributed by atoms with Crippen molar-refractivity contribution >= 4 is 0 Å². The maximum absolute atomic E-state index is 12.9. The van der Waals surface area contributed by atoms with Crippen LogP contribution < -0.4 is 5.32 Å². The number of halogens is 2. The number of alkyl halides is 2. The highest BCUT2D eigenvalue weighted by atomic mass is 19.3. The molecule has 0 radical (unpaired) electrons. The van der Waals surface area contributed by atoms with Gasteiger partial charge in [0.05, 0.1) is 19.3 Å². The predicted molar refractivity (Wildman–Crippen MR) is 50.8 cm³/mol. The highest BCUT2D eigenvalue weighted by molar-refractivity contribution is 4.67. The largest absolute Gasteiger partial charge is 0.379 e. The molecule has 0 heterocycles. The molecule has 1 unspecified atom stereocenters. The molecule has 0 amide bonds. The number of ether oxygens (including phenoxy) is 2. The Bertz CT molecular complexity index is 145. The SMILES string of the molecule is CCOCC(C)OCC(F)(F)CNC. The molecule has 0 saturated heterocycles. The molecule has 0 aromatic heterocycles. The van der Waals surface area contributed by atoms with Gasteiger partial charge in [0, 0.05) is 6.61 Å². The van der Waals surface area contributed by atoms with Crippen molar-refractivity contribution in [3.05, 3.63) is 0 Å². The molecule has 0 rings (SSSR count). The van der Waals surface area contributed by atoms with Crippen LogP contribution in [0, 0.1) is 0 Å². The van der Waals surface area contributed by atoms with Crippen molar-refractivity contribution in [3.8, 4) is 0 Å². The van der Waals surface area contributed by atoms with E-state index in [1.165, 1.54) is 7.05 Å². The van der Waals surface area contributed by atoms with Crippen LogP contribution in [0.2, 0.25) is 0 Å². The van der Waals surface area contributed by atoms with Crippen molar-refractivity contribution in [3.63, 3.8) is 0 Å². The number of rotatable bonds is 8. The molecule has 1 atom stereocenters. The van der Waals surface area contributed by atoms with Gasteiger partial charge in [0.25, 0.3) is 5.92 Å². The molecule has 3 nitrogen and oxygen atoms in total. The smallest absolute Gasteiger partial charge is 0.283 e. The summed E-state index contributed by atoms with van der Waals surface area (Å²) in [6.07, 6.45) is -0.294. The Hall–Kier alpha value is -0.260. The minimum absolute atomic E-state index is 0.294. The van der Waals surface area contributed by atoms with Crippen molar-refractivity contribution < 1.29 is 18.3 Å². The zero-order chi connectivity index (χ0) is 11.0. The molecular formula is C9H19F2NO2. The van der Waals surface area contributed by atoms with E-state index in [4.69, 9.17) is 9.47 Å². The van der Waals surface area contributed by atoms with E-state index in [1.807, 2.05) is 6.92 Å². The summed E-state index contributed by atoms with van der Waals surface area (Å²) < 4.78 is 35.7. The zero-order valence-corrected chi connectivity index (χ0v) is 8.98. The Kier molecular flexibility index (Phi) is 6.96. The molecule has 0 spiro atoms. The van der Waals surface area contributed by atoms with Crippen molar-refractivity contribution in [2.75, 3.05) is 33.4 Å². The molecule has 0 bridgehead atoms. The molecule has 0 fully saturated rings. The van der Waals surface area contributed by atoms with E-state index >= 15 is 0 Å². The molecular weight excluding hydrogens is 192 g/mol. The van der Waals surface area contributed by atoms with E-state index in [2.05, 4.69) is 5.32 Å². The Balaban J connectivity index is 3.58. The molecule has 14 heavy (non-hydrogen) atoms. The normalized spacial score (nSPS) is 14.4. The Morgan fingerprint density at radius 1 is 1.43 bits per heavy atom. The summed E-state index contributed by atoms with van der Waals surface area (Å²) >= 11 is 0. The van der Waals surface area contributed by atoms with Crippen molar-refractivity contribution in [1.82, 2.24) is 5.32 Å². The third kappa shape index (κ3) is 7.17. The summed E-state index contributed by atoms with van der Waals surface area (Å²) in [6, 6.07) is 0. The second-order valence-corrected chi connectivity index (χ2v) is 3.17. The quantitative estimate of drug-likeness (QED) is 0.656. The number of nitrogens with one attached hydrogen (secondary N) is 1. The second kappa shape index (κ2) is 7.09. The summed E-state index contributed by atoms with van der Waals surface area (Å²) in [5.41, 5.74) is 0. The van der Waals surface area contributed by atoms with E-state index in [9.17, 15) is 8.78 Å². The van der Waals surface area contributed by atoms with Gasteiger partial charge in [-0.2, -0.15) is 0 Å². The van der Waals surface area contributed by atoms with Gasteiger partial charge in [0.15, 0.2) is 0 Å². The van der Waals surface area contributed by atoms with Crippen LogP contribution in [0.4, 0.5) is 8.78 Å². The fourth-order valence-electron chi connectivity index (χ4n) is 0.906. The highest BCUT2D eigenvalue weighted by Crippen LogP contribution is 2.13. The molecule has 0 aromatic rings. The lowest BCUT2D eigenvalue weighted by Gasteiger charge is -2.19. The minimum Gasteiger partial charge on any atom is -0.379 e. The average molecular weight is 211 g/mol. The summed E-state index contributed by atoms with van der Waals surface area (Å²) in [6.45, 7) is 3.55. The van der Waals surface area contributed by atoms with Gasteiger partial charge in [-0.05, 0) is 20.9 Å². The third-order valence-electron chi connectivity index (χ3n) is 1.57. The van der Waals surface area contributed by atoms with Gasteiger partial charge in [-0.3, -0.25) is 0 Å². The van der Waals surface area contributed by atoms with Crippen LogP contribution in [-0.2, 0) is 9.47 Å². The molecule has 0 aliphatic rings. The first-order chi connectivity index (χ1) is 6.52. The van der Waals surface area contributed by atoms with E-state index in [0.717, 1.165) is 0 Å². The number of hydrogen-bond acceptors (Lipinski definition) is 3. The van der Waals surface area contributed by atoms with Crippen LogP contribution >= 0.6 is 0 Å². The second-order valence-electron chi connectivity index (χ2n) is 3.17. The van der Waals surface area contributed by atoms with Gasteiger partial charge in [-0.25, -0.2) is 8.78 Å². The summed E-state index contributed by atoms with van der Waals surface area (Å²) in [5, 5.41) is 2.41. The topological polar surface area (TPSA) is 30.5 Å². The van der Waals surface area contributed by atoms with Gasteiger partial charge >= 0.3 is 0 Å². The molecule has 0 saturated carbocycles. The highest BCUT2D eigenvalue weighted by Gasteiger charge is 2.28. The third-order valence-corrected chi connectivity index (χ3v) is 1.57. The Morgan fingerprint density at radius 3 is 2.57 bits per heavy atom. The molecule has 5 heteroatoms. The molecule has 0 aliphatic carbocycles. The maximum Gasteiger partial charge on any atom is 0.283 e. The van der Waals surface area contributed by atoms with E-state index in [-0.39, 0.29) is 12.6 Å². The van der Waals surface area contributed by atoms with Gasteiger partial charge in [-0.15, -0.1) is 0 Å². The Morgan fingerprint density at radius 2 is 2.07 bits per heavy atom. The summed E-state index contributed by atoms with van der Waals surface area (Å²) in [5.74, 6) is -2.81. The molecule has 86 valence electrons. The predicted octanol–water partition coefficient (Wildman–Crippen LogP) is 1.28. The maximum atomic E-state index is 12.9. The van der Waals surface area contributed by atoms with Crippen LogP contribution in [0.5, 0.6) is 0 Å². The standard InChI is InChI=1S/C9H19F2NO2/c1-4-13-5-8(2)14-7-9(10,11)6-12-3/h8,12H,4-7H2,1-3H3. The van der Waals surface area contributed by atoms with Crippen LogP contribution in [0.3, 0.4) is 0 Å². The van der Waals surface area contributed by atoms with Crippen LogP contribution in [0.25, 0.3) is 0 Å². The number of hydrogen-bond donors (Lipinski definition) is 1. The fourth-order valence-corrected chi connectivity index (χ4v) is 0.906.